The van der Waals surface area contributed by atoms with Crippen LogP contribution in [0.15, 0.2) is 0 Å². The number of amides is 1. The molecule has 0 aromatic heterocycles. The first-order valence-electron chi connectivity index (χ1n) is 6.19. The van der Waals surface area contributed by atoms with Crippen molar-refractivity contribution in [2.24, 2.45) is 0 Å². The molecule has 1 rings (SSSR count). The maximum atomic E-state index is 11.7. The predicted octanol–water partition coefficient (Wildman–Crippen LogP) is -0.440. The van der Waals surface area contributed by atoms with Gasteiger partial charge in [0.1, 0.15) is 5.75 Å². The first kappa shape index (κ1) is 15.9. The van der Waals surface area contributed by atoms with Gasteiger partial charge in [-0.2, -0.15) is 0 Å². The van der Waals surface area contributed by atoms with Crippen molar-refractivity contribution in [1.82, 2.24) is 5.32 Å². The molecule has 0 spiro atoms. The lowest BCUT2D eigenvalue weighted by molar-refractivity contribution is -0.136. The van der Waals surface area contributed by atoms with E-state index in [-0.39, 0.29) is 19.1 Å². The van der Waals surface area contributed by atoms with Crippen LogP contribution in [0.1, 0.15) is 26.2 Å². The number of ether oxygens (including phenoxy) is 1. The van der Waals surface area contributed by atoms with Crippen LogP contribution in [-0.4, -0.2) is 55.7 Å². The van der Waals surface area contributed by atoms with Crippen molar-refractivity contribution in [2.75, 3.05) is 18.9 Å². The molecule has 0 bridgehead atoms. The van der Waals surface area contributed by atoms with Crippen LogP contribution in [0.3, 0.4) is 0 Å². The number of sulfone groups is 1. The number of carbonyl (C=O) groups is 2. The van der Waals surface area contributed by atoms with E-state index in [4.69, 9.17) is 9.84 Å². The monoisotopic (exact) mass is 293 g/mol. The van der Waals surface area contributed by atoms with Crippen LogP contribution < -0.4 is 5.32 Å². The maximum Gasteiger partial charge on any atom is 0.321 e. The quantitative estimate of drug-likeness (QED) is 0.658. The fraction of sp³-hybridized carbons (Fsp3) is 0.818. The van der Waals surface area contributed by atoms with Gasteiger partial charge in [-0.25, -0.2) is 8.42 Å². The molecule has 2 unspecified atom stereocenters. The van der Waals surface area contributed by atoms with Gasteiger partial charge >= 0.3 is 5.97 Å². The fourth-order valence-corrected chi connectivity index (χ4v) is 3.43. The first-order valence-corrected chi connectivity index (χ1v) is 7.91. The van der Waals surface area contributed by atoms with Crippen LogP contribution in [0, 0.1) is 0 Å². The number of carboxylic acids is 1. The molecule has 0 radical (unpaired) electrons. The molecule has 0 aromatic rings. The van der Waals surface area contributed by atoms with Crippen molar-refractivity contribution in [3.63, 3.8) is 0 Å². The van der Waals surface area contributed by atoms with Crippen LogP contribution in [-0.2, 0) is 24.2 Å². The average molecular weight is 293 g/mol. The summed E-state index contributed by atoms with van der Waals surface area (Å²) in [4.78, 5) is 22.3. The summed E-state index contributed by atoms with van der Waals surface area (Å²) >= 11 is 0. The summed E-state index contributed by atoms with van der Waals surface area (Å²) in [6, 6.07) is 0. The van der Waals surface area contributed by atoms with Crippen molar-refractivity contribution < 1.29 is 27.9 Å². The van der Waals surface area contributed by atoms with Gasteiger partial charge in [-0.3, -0.25) is 9.59 Å². The van der Waals surface area contributed by atoms with E-state index in [2.05, 4.69) is 5.32 Å². The maximum absolute atomic E-state index is 11.7. The van der Waals surface area contributed by atoms with Gasteiger partial charge in [0.2, 0.25) is 5.91 Å². The fourth-order valence-electron chi connectivity index (χ4n) is 1.95. The molecule has 1 saturated heterocycles. The Morgan fingerprint density at radius 1 is 1.47 bits per heavy atom. The minimum Gasteiger partial charge on any atom is -0.480 e. The first-order chi connectivity index (χ1) is 8.86. The third-order valence-electron chi connectivity index (χ3n) is 2.96. The highest BCUT2D eigenvalue weighted by atomic mass is 32.2. The zero-order valence-electron chi connectivity index (χ0n) is 10.8. The molecule has 7 nitrogen and oxygen atoms in total. The number of rotatable bonds is 7. The minimum absolute atomic E-state index is 0.0588. The Bertz CT molecular complexity index is 426. The Kier molecular flexibility index (Phi) is 5.74. The second-order valence-corrected chi connectivity index (χ2v) is 6.66. The predicted molar refractivity (Wildman–Crippen MR) is 67.5 cm³/mol. The molecule has 2 atom stereocenters. The standard InChI is InChI=1S/C11H19NO6S/c1-2-9(11(14)15)19(16,17)7-10(13)12-6-8-4-3-5-18-8/h8-9H,2-7H2,1H3,(H,12,13)(H,14,15). The van der Waals surface area contributed by atoms with Crippen LogP contribution in [0.4, 0.5) is 0 Å². The van der Waals surface area contributed by atoms with Gasteiger partial charge in [0.05, 0.1) is 6.10 Å². The zero-order valence-corrected chi connectivity index (χ0v) is 11.6. The van der Waals surface area contributed by atoms with Gasteiger partial charge in [0.25, 0.3) is 0 Å². The molecule has 19 heavy (non-hydrogen) atoms. The molecule has 1 heterocycles. The lowest BCUT2D eigenvalue weighted by Crippen LogP contribution is -2.40. The number of hydrogen-bond donors (Lipinski definition) is 2. The highest BCUT2D eigenvalue weighted by Crippen LogP contribution is 2.11. The van der Waals surface area contributed by atoms with Gasteiger partial charge in [0, 0.05) is 13.2 Å². The van der Waals surface area contributed by atoms with E-state index in [1.165, 1.54) is 6.92 Å². The van der Waals surface area contributed by atoms with E-state index in [0.29, 0.717) is 6.61 Å². The molecule has 110 valence electrons. The van der Waals surface area contributed by atoms with Crippen molar-refractivity contribution in [1.29, 1.82) is 0 Å². The summed E-state index contributed by atoms with van der Waals surface area (Å²) < 4.78 is 28.8. The number of nitrogens with one attached hydrogen (secondary N) is 1. The topological polar surface area (TPSA) is 110 Å². The molecule has 0 aromatic carbocycles. The smallest absolute Gasteiger partial charge is 0.321 e. The molecule has 1 aliphatic rings. The van der Waals surface area contributed by atoms with Crippen molar-refractivity contribution >= 4 is 21.7 Å². The van der Waals surface area contributed by atoms with Crippen LogP contribution in [0.2, 0.25) is 0 Å². The van der Waals surface area contributed by atoms with Crippen LogP contribution >= 0.6 is 0 Å². The van der Waals surface area contributed by atoms with Gasteiger partial charge < -0.3 is 15.2 Å². The second-order valence-electron chi connectivity index (χ2n) is 4.48. The van der Waals surface area contributed by atoms with Gasteiger partial charge in [-0.05, 0) is 19.3 Å². The normalized spacial score (nSPS) is 21.0. The summed E-state index contributed by atoms with van der Waals surface area (Å²) in [6.07, 6.45) is 1.62. The highest BCUT2D eigenvalue weighted by molar-refractivity contribution is 7.93. The molecular weight excluding hydrogens is 274 g/mol. The summed E-state index contributed by atoms with van der Waals surface area (Å²) in [5, 5.41) is 9.73. The number of hydrogen-bond acceptors (Lipinski definition) is 5. The molecule has 2 N–H and O–H groups in total. The van der Waals surface area contributed by atoms with Gasteiger partial charge in [-0.1, -0.05) is 6.92 Å². The van der Waals surface area contributed by atoms with Gasteiger partial charge in [-0.15, -0.1) is 0 Å². The Labute approximate surface area is 112 Å². The van der Waals surface area contributed by atoms with Gasteiger partial charge in [0.15, 0.2) is 15.1 Å². The summed E-state index contributed by atoms with van der Waals surface area (Å²) in [5.41, 5.74) is 0. The number of aliphatic carboxylic acids is 1. The lowest BCUT2D eigenvalue weighted by Gasteiger charge is -2.13. The Morgan fingerprint density at radius 3 is 2.63 bits per heavy atom. The molecule has 0 saturated carbocycles. The van der Waals surface area contributed by atoms with Crippen molar-refractivity contribution in [3.8, 4) is 0 Å². The summed E-state index contributed by atoms with van der Waals surface area (Å²) in [6.45, 7) is 2.37. The van der Waals surface area contributed by atoms with Crippen LogP contribution in [0.5, 0.6) is 0 Å². The largest absolute Gasteiger partial charge is 0.480 e. The summed E-state index contributed by atoms with van der Waals surface area (Å²) in [5.74, 6) is -2.91. The van der Waals surface area contributed by atoms with Crippen LogP contribution in [0.25, 0.3) is 0 Å². The molecule has 0 aliphatic carbocycles. The van der Waals surface area contributed by atoms with E-state index in [1.807, 2.05) is 0 Å². The number of carbonyl (C=O) groups excluding carboxylic acids is 1. The molecular formula is C11H19NO6S. The molecule has 8 heteroatoms. The number of carboxylic acid groups (broad SMARTS) is 1. The molecule has 1 amide bonds. The second kappa shape index (κ2) is 6.85. The van der Waals surface area contributed by atoms with Crippen molar-refractivity contribution in [3.05, 3.63) is 0 Å². The van der Waals surface area contributed by atoms with E-state index in [0.717, 1.165) is 12.8 Å². The molecule has 1 fully saturated rings. The third-order valence-corrected chi connectivity index (χ3v) is 5.03. The lowest BCUT2D eigenvalue weighted by atomic mass is 10.2. The molecule has 1 aliphatic heterocycles. The van der Waals surface area contributed by atoms with E-state index in [1.54, 1.807) is 0 Å². The highest BCUT2D eigenvalue weighted by Gasteiger charge is 2.32. The van der Waals surface area contributed by atoms with E-state index < -0.39 is 32.7 Å². The Hall–Kier alpha value is -1.15. The zero-order chi connectivity index (χ0) is 14.5. The Balaban J connectivity index is 2.47. The van der Waals surface area contributed by atoms with E-state index >= 15 is 0 Å². The van der Waals surface area contributed by atoms with E-state index in [9.17, 15) is 18.0 Å². The van der Waals surface area contributed by atoms with Crippen molar-refractivity contribution in [2.45, 2.75) is 37.5 Å². The average Bonchev–Trinajstić information content (AvgIpc) is 2.78. The summed E-state index contributed by atoms with van der Waals surface area (Å²) in [7, 11) is -3.97. The minimum atomic E-state index is -3.97. The SMILES string of the molecule is CCC(C(=O)O)S(=O)(=O)CC(=O)NCC1CCCO1. The third kappa shape index (κ3) is 4.79. The Morgan fingerprint density at radius 2 is 2.16 bits per heavy atom.